The molecule has 2 amide bonds. The summed E-state index contributed by atoms with van der Waals surface area (Å²) >= 11 is 0. The van der Waals surface area contributed by atoms with Crippen LogP contribution in [-0.2, 0) is 11.0 Å². The predicted molar refractivity (Wildman–Crippen MR) is 84.8 cm³/mol. The second-order valence-corrected chi connectivity index (χ2v) is 4.93. The van der Waals surface area contributed by atoms with Crippen LogP contribution in [-0.4, -0.2) is 17.0 Å². The molecular formula is C17H13F3N2O3. The topological polar surface area (TPSA) is 78.4 Å². The smallest absolute Gasteiger partial charge is 0.321 e. The van der Waals surface area contributed by atoms with Gasteiger partial charge >= 0.3 is 6.18 Å². The van der Waals surface area contributed by atoms with Crippen molar-refractivity contribution in [2.75, 3.05) is 5.32 Å². The maximum absolute atomic E-state index is 12.7. The second kappa shape index (κ2) is 7.63. The molecule has 0 saturated carbocycles. The number of amides is 2. The average Bonchev–Trinajstić information content (AvgIpc) is 2.60. The Morgan fingerprint density at radius 1 is 1.04 bits per heavy atom. The third-order valence-corrected chi connectivity index (χ3v) is 3.19. The van der Waals surface area contributed by atoms with E-state index in [0.29, 0.717) is 11.3 Å². The minimum Gasteiger partial charge on any atom is -0.321 e. The Kier molecular flexibility index (Phi) is 5.56. The summed E-state index contributed by atoms with van der Waals surface area (Å²) in [4.78, 5) is 23.2. The monoisotopic (exact) mass is 350 g/mol. The molecule has 5 nitrogen and oxygen atoms in total. The van der Waals surface area contributed by atoms with Gasteiger partial charge in [-0.2, -0.15) is 13.2 Å². The Morgan fingerprint density at radius 3 is 2.44 bits per heavy atom. The second-order valence-electron chi connectivity index (χ2n) is 4.93. The van der Waals surface area contributed by atoms with Gasteiger partial charge in [0.1, 0.15) is 0 Å². The number of nitrogens with one attached hydrogen (secondary N) is 2. The number of rotatable bonds is 4. The van der Waals surface area contributed by atoms with E-state index in [4.69, 9.17) is 5.21 Å². The van der Waals surface area contributed by atoms with Crippen LogP contribution in [0.2, 0.25) is 0 Å². The lowest BCUT2D eigenvalue weighted by Crippen LogP contribution is -2.15. The summed E-state index contributed by atoms with van der Waals surface area (Å²) in [5.74, 6) is -1.49. The zero-order valence-electron chi connectivity index (χ0n) is 12.7. The number of carbonyl (C=O) groups excluding carboxylic acids is 2. The summed E-state index contributed by atoms with van der Waals surface area (Å²) in [5.41, 5.74) is 1.08. The molecule has 3 N–H and O–H groups in total. The highest BCUT2D eigenvalue weighted by Crippen LogP contribution is 2.29. The maximum Gasteiger partial charge on any atom is 0.416 e. The molecular weight excluding hydrogens is 337 g/mol. The lowest BCUT2D eigenvalue weighted by Gasteiger charge is -2.11. The van der Waals surface area contributed by atoms with Gasteiger partial charge in [0.25, 0.3) is 11.8 Å². The summed E-state index contributed by atoms with van der Waals surface area (Å²) in [6.07, 6.45) is -2.17. The minimum absolute atomic E-state index is 0.151. The predicted octanol–water partition coefficient (Wildman–Crippen LogP) is 3.48. The highest BCUT2D eigenvalue weighted by molar-refractivity contribution is 6.05. The van der Waals surface area contributed by atoms with Gasteiger partial charge in [0.05, 0.1) is 5.56 Å². The van der Waals surface area contributed by atoms with Crippen molar-refractivity contribution < 1.29 is 28.0 Å². The number of hydrogen-bond acceptors (Lipinski definition) is 3. The summed E-state index contributed by atoms with van der Waals surface area (Å²) in [7, 11) is 0. The van der Waals surface area contributed by atoms with Crippen molar-refractivity contribution in [3.05, 3.63) is 71.3 Å². The van der Waals surface area contributed by atoms with Crippen molar-refractivity contribution in [3.63, 3.8) is 0 Å². The number of hydroxylamine groups is 1. The van der Waals surface area contributed by atoms with E-state index in [1.807, 2.05) is 0 Å². The molecule has 2 aromatic rings. The molecule has 0 fully saturated rings. The normalized spacial score (nSPS) is 11.4. The van der Waals surface area contributed by atoms with Crippen LogP contribution in [0.4, 0.5) is 18.9 Å². The molecule has 0 heterocycles. The molecule has 130 valence electrons. The summed E-state index contributed by atoms with van der Waals surface area (Å²) < 4.78 is 38.2. The van der Waals surface area contributed by atoms with Crippen LogP contribution >= 0.6 is 0 Å². The van der Waals surface area contributed by atoms with Crippen LogP contribution in [0.5, 0.6) is 0 Å². The van der Waals surface area contributed by atoms with Crippen LogP contribution < -0.4 is 10.8 Å². The molecule has 0 aliphatic carbocycles. The van der Waals surface area contributed by atoms with Crippen molar-refractivity contribution in [2.24, 2.45) is 0 Å². The third-order valence-electron chi connectivity index (χ3n) is 3.19. The first-order valence-corrected chi connectivity index (χ1v) is 7.01. The van der Waals surface area contributed by atoms with Gasteiger partial charge in [-0.25, -0.2) is 5.48 Å². The quantitative estimate of drug-likeness (QED) is 0.449. The zero-order valence-corrected chi connectivity index (χ0v) is 12.7. The minimum atomic E-state index is -4.55. The summed E-state index contributed by atoms with van der Waals surface area (Å²) in [6, 6.07) is 10.4. The molecule has 2 aromatic carbocycles. The van der Waals surface area contributed by atoms with Gasteiger partial charge in [0.15, 0.2) is 0 Å². The van der Waals surface area contributed by atoms with Crippen LogP contribution in [0.25, 0.3) is 6.08 Å². The van der Waals surface area contributed by atoms with Gasteiger partial charge in [-0.1, -0.05) is 24.3 Å². The van der Waals surface area contributed by atoms with E-state index in [9.17, 15) is 22.8 Å². The number of alkyl halides is 3. The molecule has 0 spiro atoms. The largest absolute Gasteiger partial charge is 0.416 e. The van der Waals surface area contributed by atoms with Gasteiger partial charge in [-0.05, 0) is 35.9 Å². The van der Waals surface area contributed by atoms with Crippen molar-refractivity contribution in [2.45, 2.75) is 6.18 Å². The standard InChI is InChI=1S/C17H13F3N2O3/c18-17(19,20)13-6-3-5-12(10-13)16(24)21-14-7-2-1-4-11(14)8-9-15(23)22-25/h1-10,25H,(H,21,24)(H,22,23)/b9-8+. The van der Waals surface area contributed by atoms with Crippen LogP contribution in [0, 0.1) is 0 Å². The fourth-order valence-corrected chi connectivity index (χ4v) is 1.99. The fourth-order valence-electron chi connectivity index (χ4n) is 1.99. The van der Waals surface area contributed by atoms with Crippen molar-refractivity contribution in [3.8, 4) is 0 Å². The fraction of sp³-hybridized carbons (Fsp3) is 0.0588. The summed E-state index contributed by atoms with van der Waals surface area (Å²) in [6.45, 7) is 0. The Hall–Kier alpha value is -3.13. The highest BCUT2D eigenvalue weighted by atomic mass is 19.4. The molecule has 2 rings (SSSR count). The third kappa shape index (κ3) is 4.92. The Labute approximate surface area is 140 Å². The number of para-hydroxylation sites is 1. The van der Waals surface area contributed by atoms with E-state index in [0.717, 1.165) is 24.3 Å². The molecule has 8 heteroatoms. The van der Waals surface area contributed by atoms with Crippen molar-refractivity contribution >= 4 is 23.6 Å². The Morgan fingerprint density at radius 2 is 1.76 bits per heavy atom. The Balaban J connectivity index is 2.24. The van der Waals surface area contributed by atoms with Gasteiger partial charge in [-0.15, -0.1) is 0 Å². The van der Waals surface area contributed by atoms with E-state index >= 15 is 0 Å². The van der Waals surface area contributed by atoms with E-state index in [1.54, 1.807) is 18.2 Å². The number of benzene rings is 2. The first-order valence-electron chi connectivity index (χ1n) is 7.01. The first kappa shape index (κ1) is 18.2. The zero-order chi connectivity index (χ0) is 18.4. The number of anilines is 1. The summed E-state index contributed by atoms with van der Waals surface area (Å²) in [5, 5.41) is 11.0. The van der Waals surface area contributed by atoms with Gasteiger partial charge in [0.2, 0.25) is 0 Å². The van der Waals surface area contributed by atoms with E-state index in [2.05, 4.69) is 5.32 Å². The molecule has 0 aliphatic heterocycles. The number of hydrogen-bond donors (Lipinski definition) is 3. The Bertz CT molecular complexity index is 817. The van der Waals surface area contributed by atoms with Crippen molar-refractivity contribution in [1.29, 1.82) is 0 Å². The SMILES string of the molecule is O=C(/C=C/c1ccccc1NC(=O)c1cccc(C(F)(F)F)c1)NO. The van der Waals surface area contributed by atoms with E-state index < -0.39 is 23.6 Å². The molecule has 0 unspecified atom stereocenters. The molecule has 25 heavy (non-hydrogen) atoms. The van der Waals surface area contributed by atoms with Gasteiger partial charge in [0, 0.05) is 17.3 Å². The molecule has 0 saturated heterocycles. The highest BCUT2D eigenvalue weighted by Gasteiger charge is 2.30. The first-order chi connectivity index (χ1) is 11.8. The van der Waals surface area contributed by atoms with E-state index in [1.165, 1.54) is 23.7 Å². The van der Waals surface area contributed by atoms with Gasteiger partial charge < -0.3 is 5.32 Å². The van der Waals surface area contributed by atoms with E-state index in [-0.39, 0.29) is 5.56 Å². The lowest BCUT2D eigenvalue weighted by atomic mass is 10.1. The molecule has 0 aliphatic rings. The number of halogens is 3. The molecule has 0 bridgehead atoms. The molecule has 0 aromatic heterocycles. The van der Waals surface area contributed by atoms with Crippen LogP contribution in [0.3, 0.4) is 0 Å². The maximum atomic E-state index is 12.7. The lowest BCUT2D eigenvalue weighted by molar-refractivity contribution is -0.137. The molecule has 0 radical (unpaired) electrons. The van der Waals surface area contributed by atoms with Crippen molar-refractivity contribution in [1.82, 2.24) is 5.48 Å². The average molecular weight is 350 g/mol. The van der Waals surface area contributed by atoms with Crippen LogP contribution in [0.1, 0.15) is 21.5 Å². The number of carbonyl (C=O) groups is 2. The van der Waals surface area contributed by atoms with Crippen LogP contribution in [0.15, 0.2) is 54.6 Å². The van der Waals surface area contributed by atoms with Gasteiger partial charge in [-0.3, -0.25) is 14.8 Å². The molecule has 0 atom stereocenters.